The van der Waals surface area contributed by atoms with Crippen LogP contribution in [0.2, 0.25) is 0 Å². The molecule has 1 nitrogen and oxygen atoms in total. The Balaban J connectivity index is 1.10. The van der Waals surface area contributed by atoms with E-state index in [1.165, 1.54) is 130 Å². The summed E-state index contributed by atoms with van der Waals surface area (Å²) in [7, 11) is 0. The highest BCUT2D eigenvalue weighted by atomic mass is 32.1. The van der Waals surface area contributed by atoms with Crippen molar-refractivity contribution in [2.45, 2.75) is 50.4 Å². The molecule has 1 unspecified atom stereocenters. The standard InChI is InChI=1S/C66H51NS/c1-66(46-26-6-3-7-27-46)57-38-13-8-32-56(57)64-53(35-21-39-58(64)66)49-29-10-15-41-60(49)67(61-42-16-11-30-50(61)54-36-20-37-55-51-31-12-17-43-62(51)68-65(54)55)59-40-14-9-28-48(59)52-34-19-25-45-24-18-33-47(63(45)52)44-22-4-2-5-23-44/h3,6-21,24-44H,2,4-5,22-23H2,1H3. The smallest absolute Gasteiger partial charge is 0.0541 e. The molecular formula is C66H51NS. The van der Waals surface area contributed by atoms with Gasteiger partial charge in [0.15, 0.2) is 0 Å². The summed E-state index contributed by atoms with van der Waals surface area (Å²) in [6.07, 6.45) is 6.43. The lowest BCUT2D eigenvalue weighted by atomic mass is 9.74. The average Bonchev–Trinajstić information content (AvgIpc) is 3.93. The lowest BCUT2D eigenvalue weighted by molar-refractivity contribution is 0.445. The second-order valence-corrected chi connectivity index (χ2v) is 20.1. The Morgan fingerprint density at radius 1 is 0.412 bits per heavy atom. The van der Waals surface area contributed by atoms with Gasteiger partial charge in [-0.15, -0.1) is 11.3 Å². The zero-order valence-corrected chi connectivity index (χ0v) is 39.1. The molecule has 1 atom stereocenters. The second kappa shape index (κ2) is 16.7. The van der Waals surface area contributed by atoms with E-state index >= 15 is 0 Å². The summed E-state index contributed by atoms with van der Waals surface area (Å²) < 4.78 is 2.62. The van der Waals surface area contributed by atoms with Gasteiger partial charge in [0.1, 0.15) is 0 Å². The zero-order chi connectivity index (χ0) is 45.2. The summed E-state index contributed by atoms with van der Waals surface area (Å²) in [6, 6.07) is 84.4. The Morgan fingerprint density at radius 3 is 1.68 bits per heavy atom. The Hall–Kier alpha value is -7.52. The third kappa shape index (κ3) is 6.42. The lowest BCUT2D eigenvalue weighted by Crippen LogP contribution is -2.22. The van der Waals surface area contributed by atoms with E-state index in [0.717, 1.165) is 17.1 Å². The van der Waals surface area contributed by atoms with Crippen LogP contribution in [0.25, 0.3) is 75.5 Å². The van der Waals surface area contributed by atoms with E-state index in [1.54, 1.807) is 0 Å². The topological polar surface area (TPSA) is 3.24 Å². The predicted octanol–water partition coefficient (Wildman–Crippen LogP) is 19.1. The first-order valence-electron chi connectivity index (χ1n) is 24.5. The number of fused-ring (bicyclic) bond motifs is 7. The molecule has 2 heteroatoms. The fourth-order valence-corrected chi connectivity index (χ4v) is 13.5. The summed E-state index contributed by atoms with van der Waals surface area (Å²) >= 11 is 1.90. The highest BCUT2D eigenvalue weighted by Crippen LogP contribution is 2.57. The molecule has 0 spiro atoms. The maximum atomic E-state index is 2.60. The third-order valence-corrected chi connectivity index (χ3v) is 16.6. The van der Waals surface area contributed by atoms with Crippen molar-refractivity contribution in [3.05, 3.63) is 247 Å². The molecule has 2 aliphatic rings. The van der Waals surface area contributed by atoms with Gasteiger partial charge in [0.05, 0.1) is 17.1 Å². The molecule has 1 fully saturated rings. The van der Waals surface area contributed by atoms with Crippen LogP contribution < -0.4 is 4.90 Å². The Bertz CT molecular complexity index is 3700. The van der Waals surface area contributed by atoms with E-state index < -0.39 is 0 Å². The van der Waals surface area contributed by atoms with Gasteiger partial charge in [-0.05, 0) is 105 Å². The fraction of sp³-hybridized carbons (Fsp3) is 0.121. The zero-order valence-electron chi connectivity index (χ0n) is 38.3. The monoisotopic (exact) mass is 889 g/mol. The van der Waals surface area contributed by atoms with Crippen LogP contribution in [0.5, 0.6) is 0 Å². The van der Waals surface area contributed by atoms with E-state index in [-0.39, 0.29) is 5.41 Å². The molecule has 0 amide bonds. The van der Waals surface area contributed by atoms with Crippen molar-refractivity contribution in [3.8, 4) is 44.5 Å². The summed E-state index contributed by atoms with van der Waals surface area (Å²) in [5.41, 5.74) is 18.6. The highest BCUT2D eigenvalue weighted by Gasteiger charge is 2.42. The van der Waals surface area contributed by atoms with Crippen molar-refractivity contribution in [2.24, 2.45) is 0 Å². The van der Waals surface area contributed by atoms with Crippen LogP contribution in [0.15, 0.2) is 224 Å². The van der Waals surface area contributed by atoms with Crippen molar-refractivity contribution >= 4 is 59.3 Å². The number of nitrogens with zero attached hydrogens (tertiary/aromatic N) is 1. The van der Waals surface area contributed by atoms with E-state index in [1.807, 2.05) is 11.3 Å². The first-order chi connectivity index (χ1) is 33.7. The molecule has 1 aromatic heterocycles. The van der Waals surface area contributed by atoms with Crippen molar-refractivity contribution in [3.63, 3.8) is 0 Å². The molecule has 326 valence electrons. The van der Waals surface area contributed by atoms with Gasteiger partial charge in [-0.1, -0.05) is 219 Å². The second-order valence-electron chi connectivity index (χ2n) is 19.0. The molecule has 10 aromatic carbocycles. The minimum atomic E-state index is -0.315. The van der Waals surface area contributed by atoms with E-state index in [2.05, 4.69) is 236 Å². The normalized spacial score (nSPS) is 15.7. The molecule has 1 heterocycles. The number of para-hydroxylation sites is 3. The maximum Gasteiger partial charge on any atom is 0.0541 e. The molecule has 13 rings (SSSR count). The molecule has 0 aliphatic heterocycles. The number of benzene rings is 10. The molecule has 1 saturated carbocycles. The molecular weight excluding hydrogens is 839 g/mol. The first-order valence-corrected chi connectivity index (χ1v) is 25.3. The summed E-state index contributed by atoms with van der Waals surface area (Å²) in [6.45, 7) is 2.42. The number of hydrogen-bond donors (Lipinski definition) is 0. The van der Waals surface area contributed by atoms with Crippen LogP contribution in [0.3, 0.4) is 0 Å². The minimum Gasteiger partial charge on any atom is -0.309 e. The van der Waals surface area contributed by atoms with Crippen LogP contribution >= 0.6 is 11.3 Å². The third-order valence-electron chi connectivity index (χ3n) is 15.4. The van der Waals surface area contributed by atoms with Crippen molar-refractivity contribution in [1.82, 2.24) is 0 Å². The van der Waals surface area contributed by atoms with Crippen LogP contribution in [0.4, 0.5) is 17.1 Å². The maximum absolute atomic E-state index is 2.60. The van der Waals surface area contributed by atoms with E-state index in [4.69, 9.17) is 0 Å². The number of rotatable bonds is 8. The molecule has 11 aromatic rings. The summed E-state index contributed by atoms with van der Waals surface area (Å²) in [4.78, 5) is 2.60. The highest BCUT2D eigenvalue weighted by molar-refractivity contribution is 7.26. The van der Waals surface area contributed by atoms with Crippen molar-refractivity contribution in [2.75, 3.05) is 4.90 Å². The Labute approximate surface area is 403 Å². The molecule has 0 saturated heterocycles. The molecule has 68 heavy (non-hydrogen) atoms. The largest absolute Gasteiger partial charge is 0.309 e. The molecule has 0 bridgehead atoms. The van der Waals surface area contributed by atoms with Crippen LogP contribution in [-0.2, 0) is 5.41 Å². The van der Waals surface area contributed by atoms with Gasteiger partial charge in [-0.3, -0.25) is 0 Å². The Morgan fingerprint density at radius 2 is 0.926 bits per heavy atom. The lowest BCUT2D eigenvalue weighted by Gasteiger charge is -2.32. The molecule has 2 aliphatic carbocycles. The van der Waals surface area contributed by atoms with Gasteiger partial charge >= 0.3 is 0 Å². The van der Waals surface area contributed by atoms with Gasteiger partial charge in [-0.25, -0.2) is 0 Å². The predicted molar refractivity (Wildman–Crippen MR) is 291 cm³/mol. The average molecular weight is 890 g/mol. The fourth-order valence-electron chi connectivity index (χ4n) is 12.2. The minimum absolute atomic E-state index is 0.315. The van der Waals surface area contributed by atoms with Gasteiger partial charge in [0.25, 0.3) is 0 Å². The summed E-state index contributed by atoms with van der Waals surface area (Å²) in [5.74, 6) is 0.560. The van der Waals surface area contributed by atoms with Gasteiger partial charge < -0.3 is 4.90 Å². The van der Waals surface area contributed by atoms with Crippen LogP contribution in [0.1, 0.15) is 67.2 Å². The van der Waals surface area contributed by atoms with Gasteiger partial charge in [0.2, 0.25) is 0 Å². The molecule has 0 N–H and O–H groups in total. The van der Waals surface area contributed by atoms with E-state index in [9.17, 15) is 0 Å². The van der Waals surface area contributed by atoms with Crippen molar-refractivity contribution < 1.29 is 0 Å². The quantitative estimate of drug-likeness (QED) is 0.147. The van der Waals surface area contributed by atoms with Crippen LogP contribution in [0, 0.1) is 0 Å². The number of hydrogen-bond acceptors (Lipinski definition) is 2. The SMILES string of the molecule is CC1(c2ccccc2)c2ccccc2-c2c(-c3ccccc3N(c3ccccc3-c3cccc4c3sc3ccccc34)c3ccccc3-c3cccc4cccc(C5CCCCC5)c34)cccc21. The van der Waals surface area contributed by atoms with E-state index in [0.29, 0.717) is 5.92 Å². The van der Waals surface area contributed by atoms with Gasteiger partial charge in [-0.2, -0.15) is 0 Å². The van der Waals surface area contributed by atoms with Gasteiger partial charge in [0, 0.05) is 47.8 Å². The number of thiophene rings is 1. The Kier molecular flexibility index (Phi) is 9.98. The first kappa shape index (κ1) is 40.7. The van der Waals surface area contributed by atoms with Crippen LogP contribution in [-0.4, -0.2) is 0 Å². The number of anilines is 3. The molecule has 0 radical (unpaired) electrons. The summed E-state index contributed by atoms with van der Waals surface area (Å²) in [5, 5.41) is 5.31. The van der Waals surface area contributed by atoms with Crippen molar-refractivity contribution in [1.29, 1.82) is 0 Å².